The van der Waals surface area contributed by atoms with Crippen molar-refractivity contribution in [2.24, 2.45) is 0 Å². The number of hydrogen-bond donors (Lipinski definition) is 4. The molecule has 8 N–H and O–H groups in total. The van der Waals surface area contributed by atoms with Gasteiger partial charge in [0.05, 0.1) is 5.69 Å². The normalized spacial score (nSPS) is 10.3. The Balaban J connectivity index is 1.95. The van der Waals surface area contributed by atoms with Crippen LogP contribution in [-0.4, -0.2) is 0 Å². The summed E-state index contributed by atoms with van der Waals surface area (Å²) < 4.78 is 11.7. The van der Waals surface area contributed by atoms with Gasteiger partial charge < -0.3 is 32.4 Å². The Morgan fingerprint density at radius 1 is 0.542 bits per heavy atom. The fourth-order valence-electron chi connectivity index (χ4n) is 2.10. The van der Waals surface area contributed by atoms with Crippen molar-refractivity contribution in [3.05, 3.63) is 60.7 Å². The summed E-state index contributed by atoms with van der Waals surface area (Å²) in [4.78, 5) is 0. The standard InChI is InChI=1S/C18H18N4O2/c19-11-1-5-13(6-2-11)23-16-10-9-15(21)17(22)18(16)24-14-7-3-12(20)4-8-14/h1-10H,19-22H2. The Labute approximate surface area is 139 Å². The smallest absolute Gasteiger partial charge is 0.194 e. The first-order valence-corrected chi connectivity index (χ1v) is 7.27. The minimum Gasteiger partial charge on any atom is -0.453 e. The maximum Gasteiger partial charge on any atom is 0.194 e. The summed E-state index contributed by atoms with van der Waals surface area (Å²) in [7, 11) is 0. The second-order valence-corrected chi connectivity index (χ2v) is 5.24. The van der Waals surface area contributed by atoms with Gasteiger partial charge in [-0.3, -0.25) is 0 Å². The van der Waals surface area contributed by atoms with Crippen molar-refractivity contribution in [3.8, 4) is 23.0 Å². The van der Waals surface area contributed by atoms with Crippen LogP contribution >= 0.6 is 0 Å². The van der Waals surface area contributed by atoms with E-state index in [2.05, 4.69) is 0 Å². The molecule has 0 fully saturated rings. The maximum absolute atomic E-state index is 6.06. The van der Waals surface area contributed by atoms with Crippen LogP contribution in [0.2, 0.25) is 0 Å². The van der Waals surface area contributed by atoms with Crippen molar-refractivity contribution in [1.29, 1.82) is 0 Å². The predicted molar refractivity (Wildman–Crippen MR) is 97.1 cm³/mol. The molecule has 0 amide bonds. The zero-order valence-electron chi connectivity index (χ0n) is 12.9. The van der Waals surface area contributed by atoms with E-state index in [0.29, 0.717) is 45.7 Å². The highest BCUT2D eigenvalue weighted by molar-refractivity contribution is 5.75. The molecule has 0 saturated heterocycles. The van der Waals surface area contributed by atoms with Crippen LogP contribution in [0.15, 0.2) is 60.7 Å². The number of hydrogen-bond acceptors (Lipinski definition) is 6. The molecule has 0 radical (unpaired) electrons. The van der Waals surface area contributed by atoms with Crippen LogP contribution in [0, 0.1) is 0 Å². The molecule has 0 bridgehead atoms. The van der Waals surface area contributed by atoms with E-state index < -0.39 is 0 Å². The molecule has 6 heteroatoms. The van der Waals surface area contributed by atoms with Crippen molar-refractivity contribution >= 4 is 22.7 Å². The molecule has 0 unspecified atom stereocenters. The summed E-state index contributed by atoms with van der Waals surface area (Å²) in [5, 5.41) is 0. The Kier molecular flexibility index (Phi) is 4.03. The quantitative estimate of drug-likeness (QED) is 0.544. The lowest BCUT2D eigenvalue weighted by Gasteiger charge is -2.16. The molecule has 0 aliphatic rings. The zero-order chi connectivity index (χ0) is 17.1. The molecule has 6 nitrogen and oxygen atoms in total. The van der Waals surface area contributed by atoms with E-state index in [0.717, 1.165) is 0 Å². The summed E-state index contributed by atoms with van der Waals surface area (Å²) in [5.41, 5.74) is 25.3. The number of rotatable bonds is 4. The predicted octanol–water partition coefficient (Wildman–Crippen LogP) is 3.60. The molecule has 0 aromatic heterocycles. The summed E-state index contributed by atoms with van der Waals surface area (Å²) in [5.74, 6) is 1.97. The van der Waals surface area contributed by atoms with Crippen LogP contribution in [0.3, 0.4) is 0 Å². The first kappa shape index (κ1) is 15.4. The summed E-state index contributed by atoms with van der Waals surface area (Å²) in [6, 6.07) is 17.3. The Morgan fingerprint density at radius 3 is 1.58 bits per heavy atom. The van der Waals surface area contributed by atoms with Crippen LogP contribution in [0.5, 0.6) is 23.0 Å². The molecule has 122 valence electrons. The number of nitrogen functional groups attached to an aromatic ring is 4. The highest BCUT2D eigenvalue weighted by Crippen LogP contribution is 2.42. The highest BCUT2D eigenvalue weighted by atomic mass is 16.5. The molecule has 0 saturated carbocycles. The largest absolute Gasteiger partial charge is 0.453 e. The number of nitrogens with two attached hydrogens (primary N) is 4. The van der Waals surface area contributed by atoms with Gasteiger partial charge in [0.25, 0.3) is 0 Å². The summed E-state index contributed by atoms with van der Waals surface area (Å²) >= 11 is 0. The Morgan fingerprint density at radius 2 is 1.04 bits per heavy atom. The third-order valence-electron chi connectivity index (χ3n) is 3.40. The van der Waals surface area contributed by atoms with Crippen LogP contribution in [-0.2, 0) is 0 Å². The van der Waals surface area contributed by atoms with E-state index in [9.17, 15) is 0 Å². The van der Waals surface area contributed by atoms with Crippen molar-refractivity contribution in [3.63, 3.8) is 0 Å². The van der Waals surface area contributed by atoms with Crippen LogP contribution < -0.4 is 32.4 Å². The molecular formula is C18H18N4O2. The van der Waals surface area contributed by atoms with Gasteiger partial charge in [0.1, 0.15) is 17.2 Å². The van der Waals surface area contributed by atoms with Gasteiger partial charge in [0.2, 0.25) is 0 Å². The minimum absolute atomic E-state index is 0.305. The lowest BCUT2D eigenvalue weighted by atomic mass is 10.2. The lowest BCUT2D eigenvalue weighted by molar-refractivity contribution is 0.421. The van der Waals surface area contributed by atoms with E-state index in [1.165, 1.54) is 0 Å². The van der Waals surface area contributed by atoms with Crippen molar-refractivity contribution in [2.75, 3.05) is 22.9 Å². The number of benzene rings is 3. The average Bonchev–Trinajstić information content (AvgIpc) is 2.58. The van der Waals surface area contributed by atoms with E-state index in [1.54, 1.807) is 60.7 Å². The van der Waals surface area contributed by atoms with E-state index >= 15 is 0 Å². The third-order valence-corrected chi connectivity index (χ3v) is 3.40. The molecule has 3 aromatic rings. The monoisotopic (exact) mass is 322 g/mol. The van der Waals surface area contributed by atoms with Crippen LogP contribution in [0.25, 0.3) is 0 Å². The van der Waals surface area contributed by atoms with Gasteiger partial charge in [-0.1, -0.05) is 0 Å². The van der Waals surface area contributed by atoms with Gasteiger partial charge >= 0.3 is 0 Å². The fourth-order valence-corrected chi connectivity index (χ4v) is 2.10. The second kappa shape index (κ2) is 6.29. The molecular weight excluding hydrogens is 304 g/mol. The Bertz CT molecular complexity index is 846. The summed E-state index contributed by atoms with van der Waals surface area (Å²) in [6.07, 6.45) is 0. The molecule has 0 heterocycles. The average molecular weight is 322 g/mol. The molecule has 0 aliphatic carbocycles. The van der Waals surface area contributed by atoms with Gasteiger partial charge in [-0.2, -0.15) is 0 Å². The first-order valence-electron chi connectivity index (χ1n) is 7.27. The third kappa shape index (κ3) is 3.27. The molecule has 3 aromatic carbocycles. The van der Waals surface area contributed by atoms with Crippen molar-refractivity contribution < 1.29 is 9.47 Å². The van der Waals surface area contributed by atoms with Gasteiger partial charge in [0.15, 0.2) is 11.5 Å². The van der Waals surface area contributed by atoms with Crippen LogP contribution in [0.4, 0.5) is 22.7 Å². The fraction of sp³-hybridized carbons (Fsp3) is 0. The summed E-state index contributed by atoms with van der Waals surface area (Å²) in [6.45, 7) is 0. The van der Waals surface area contributed by atoms with Crippen molar-refractivity contribution in [2.45, 2.75) is 0 Å². The van der Waals surface area contributed by atoms with E-state index in [4.69, 9.17) is 32.4 Å². The van der Waals surface area contributed by atoms with E-state index in [-0.39, 0.29) is 0 Å². The lowest BCUT2D eigenvalue weighted by Crippen LogP contribution is -2.00. The van der Waals surface area contributed by atoms with Gasteiger partial charge in [-0.15, -0.1) is 0 Å². The first-order chi connectivity index (χ1) is 11.5. The SMILES string of the molecule is Nc1ccc(Oc2ccc(N)c(N)c2Oc2ccc(N)cc2)cc1. The molecule has 24 heavy (non-hydrogen) atoms. The van der Waals surface area contributed by atoms with Crippen LogP contribution in [0.1, 0.15) is 0 Å². The highest BCUT2D eigenvalue weighted by Gasteiger charge is 2.14. The zero-order valence-corrected chi connectivity index (χ0v) is 12.9. The number of anilines is 4. The molecule has 0 aliphatic heterocycles. The van der Waals surface area contributed by atoms with Gasteiger partial charge in [-0.05, 0) is 60.7 Å². The van der Waals surface area contributed by atoms with E-state index in [1.807, 2.05) is 0 Å². The minimum atomic E-state index is 0.305. The molecule has 0 atom stereocenters. The topological polar surface area (TPSA) is 123 Å². The maximum atomic E-state index is 6.06. The van der Waals surface area contributed by atoms with Crippen molar-refractivity contribution in [1.82, 2.24) is 0 Å². The Hall–Kier alpha value is -3.54. The molecule has 0 spiro atoms. The molecule has 3 rings (SSSR count). The van der Waals surface area contributed by atoms with Gasteiger partial charge in [0, 0.05) is 11.4 Å². The second-order valence-electron chi connectivity index (χ2n) is 5.24. The van der Waals surface area contributed by atoms with Gasteiger partial charge in [-0.25, -0.2) is 0 Å². The number of ether oxygens (including phenoxy) is 2.